The maximum absolute atomic E-state index is 4.62. The normalized spacial score (nSPS) is 14.5. The number of hydrogen-bond acceptors (Lipinski definition) is 5. The maximum Gasteiger partial charge on any atom is 0.181 e. The minimum absolute atomic E-state index is 0.314. The average Bonchev–Trinajstić information content (AvgIpc) is 3.50. The molecule has 0 saturated heterocycles. The second-order valence-electron chi connectivity index (χ2n) is 8.75. The zero-order valence-corrected chi connectivity index (χ0v) is 20.2. The Balaban J connectivity index is 1.58. The highest BCUT2D eigenvalue weighted by molar-refractivity contribution is 5.99. The van der Waals surface area contributed by atoms with Crippen LogP contribution >= 0.6 is 0 Å². The van der Waals surface area contributed by atoms with E-state index in [9.17, 15) is 0 Å². The molecule has 0 amide bonds. The van der Waals surface area contributed by atoms with Crippen molar-refractivity contribution < 1.29 is 0 Å². The van der Waals surface area contributed by atoms with Crippen LogP contribution in [0.2, 0.25) is 0 Å². The Labute approximate surface area is 204 Å². The first-order chi connectivity index (χ1) is 17.1. The summed E-state index contributed by atoms with van der Waals surface area (Å²) in [5.41, 5.74) is 8.58. The number of hydrogen-bond donors (Lipinski definition) is 4. The van der Waals surface area contributed by atoms with E-state index in [1.54, 1.807) is 0 Å². The number of nitrogens with one attached hydrogen (secondary N) is 4. The molecule has 0 bridgehead atoms. The van der Waals surface area contributed by atoms with Crippen LogP contribution in [0.15, 0.2) is 79.4 Å². The monoisotopic (exact) mass is 463 g/mol. The number of fused-ring (bicyclic) bond motifs is 2. The zero-order valence-electron chi connectivity index (χ0n) is 20.2. The van der Waals surface area contributed by atoms with Crippen LogP contribution in [0.3, 0.4) is 0 Å². The molecule has 0 atom stereocenters. The second kappa shape index (κ2) is 9.46. The van der Waals surface area contributed by atoms with Crippen LogP contribution in [0, 0.1) is 0 Å². The van der Waals surface area contributed by atoms with Gasteiger partial charge in [-0.05, 0) is 67.8 Å². The van der Waals surface area contributed by atoms with Crippen LogP contribution < -0.4 is 10.6 Å². The summed E-state index contributed by atoms with van der Waals surface area (Å²) >= 11 is 0. The molecule has 7 nitrogen and oxygen atoms in total. The van der Waals surface area contributed by atoms with E-state index >= 15 is 0 Å². The lowest BCUT2D eigenvalue weighted by atomic mass is 10.0. The lowest BCUT2D eigenvalue weighted by Crippen LogP contribution is -2.20. The fourth-order valence-electron chi connectivity index (χ4n) is 4.31. The molecule has 176 valence electrons. The van der Waals surface area contributed by atoms with Crippen molar-refractivity contribution in [3.05, 3.63) is 90.6 Å². The van der Waals surface area contributed by atoms with E-state index in [4.69, 9.17) is 0 Å². The number of allylic oxidation sites excluding steroid dienone is 6. The largest absolute Gasteiger partial charge is 0.387 e. The molecule has 4 N–H and O–H groups in total. The summed E-state index contributed by atoms with van der Waals surface area (Å²) < 4.78 is 0. The maximum atomic E-state index is 4.62. The Morgan fingerprint density at radius 2 is 2.09 bits per heavy atom. The van der Waals surface area contributed by atoms with Gasteiger partial charge >= 0.3 is 0 Å². The molecule has 0 aromatic carbocycles. The summed E-state index contributed by atoms with van der Waals surface area (Å²) in [6.45, 7) is 11.0. The minimum Gasteiger partial charge on any atom is -0.387 e. The topological polar surface area (TPSA) is 94.3 Å². The van der Waals surface area contributed by atoms with E-state index in [1.165, 1.54) is 0 Å². The van der Waals surface area contributed by atoms with Gasteiger partial charge < -0.3 is 15.6 Å². The molecule has 0 radical (unpaired) electrons. The quantitative estimate of drug-likeness (QED) is 0.273. The van der Waals surface area contributed by atoms with Crippen molar-refractivity contribution in [2.75, 3.05) is 6.54 Å². The molecule has 1 aliphatic heterocycles. The fourth-order valence-corrected chi connectivity index (χ4v) is 4.31. The van der Waals surface area contributed by atoms with Gasteiger partial charge in [0.1, 0.15) is 5.65 Å². The predicted octanol–water partition coefficient (Wildman–Crippen LogP) is 5.47. The van der Waals surface area contributed by atoms with E-state index in [0.717, 1.165) is 62.3 Å². The standard InChI is InChI=1S/C28H29N7/c1-5-18(12-21(6-2)32-17(3)4)20-13-24-26(34-35-28(24)31-16-20)25-14-23-22(9-11-30-27(23)33-25)19-8-7-10-29-15-19/h5-9,11-17,29,32H,2,10H2,1,3-4H3,(H,30,33)(H,31,34,35)/b18-5+,21-12+. The molecule has 0 unspecified atom stereocenters. The van der Waals surface area contributed by atoms with Crippen LogP contribution in [0.4, 0.5) is 0 Å². The van der Waals surface area contributed by atoms with Gasteiger partial charge in [0, 0.05) is 53.2 Å². The summed E-state index contributed by atoms with van der Waals surface area (Å²) in [7, 11) is 0. The van der Waals surface area contributed by atoms with Crippen LogP contribution in [0.1, 0.15) is 31.9 Å². The summed E-state index contributed by atoms with van der Waals surface area (Å²) in [6.07, 6.45) is 16.0. The Hall–Kier alpha value is -4.39. The molecule has 4 aromatic rings. The second-order valence-corrected chi connectivity index (χ2v) is 8.75. The Bertz CT molecular complexity index is 1530. The van der Waals surface area contributed by atoms with Crippen LogP contribution in [0.25, 0.3) is 44.6 Å². The number of aromatic amines is 2. The van der Waals surface area contributed by atoms with E-state index in [0.29, 0.717) is 11.7 Å². The number of rotatable bonds is 7. The highest BCUT2D eigenvalue weighted by Crippen LogP contribution is 2.32. The molecular weight excluding hydrogens is 434 g/mol. The minimum atomic E-state index is 0.314. The van der Waals surface area contributed by atoms with Crippen molar-refractivity contribution >= 4 is 33.2 Å². The number of dihydropyridines is 1. The third-order valence-corrected chi connectivity index (χ3v) is 5.94. The molecular formula is C28H29N7. The van der Waals surface area contributed by atoms with Gasteiger partial charge in [0.05, 0.1) is 11.4 Å². The molecule has 0 saturated carbocycles. The SMILES string of the molecule is C=C/C(=C\C(=C/C)c1cnc2n[nH]c(-c3cc4c(C5=CNCC=C5)ccnc4[nH]3)c2c1)NC(C)C. The van der Waals surface area contributed by atoms with Gasteiger partial charge in [-0.3, -0.25) is 5.10 Å². The van der Waals surface area contributed by atoms with Gasteiger partial charge in [0.15, 0.2) is 5.65 Å². The Kier molecular flexibility index (Phi) is 6.06. The van der Waals surface area contributed by atoms with Gasteiger partial charge in [0.2, 0.25) is 0 Å². The summed E-state index contributed by atoms with van der Waals surface area (Å²) in [5, 5.41) is 16.3. The zero-order chi connectivity index (χ0) is 24.4. The fraction of sp³-hybridized carbons (Fsp3) is 0.179. The number of aromatic nitrogens is 5. The van der Waals surface area contributed by atoms with E-state index in [2.05, 4.69) is 92.6 Å². The third-order valence-electron chi connectivity index (χ3n) is 5.94. The van der Waals surface area contributed by atoms with E-state index < -0.39 is 0 Å². The summed E-state index contributed by atoms with van der Waals surface area (Å²) in [6, 6.07) is 6.61. The van der Waals surface area contributed by atoms with Gasteiger partial charge in [-0.15, -0.1) is 0 Å². The molecule has 4 aromatic heterocycles. The van der Waals surface area contributed by atoms with Crippen molar-refractivity contribution in [1.82, 2.24) is 35.8 Å². The first-order valence-corrected chi connectivity index (χ1v) is 11.8. The van der Waals surface area contributed by atoms with Crippen molar-refractivity contribution in [1.29, 1.82) is 0 Å². The molecule has 35 heavy (non-hydrogen) atoms. The van der Waals surface area contributed by atoms with Gasteiger partial charge in [-0.2, -0.15) is 5.10 Å². The predicted molar refractivity (Wildman–Crippen MR) is 144 cm³/mol. The lowest BCUT2D eigenvalue weighted by molar-refractivity contribution is 0.682. The Morgan fingerprint density at radius 3 is 2.83 bits per heavy atom. The molecule has 0 spiro atoms. The van der Waals surface area contributed by atoms with Crippen LogP contribution in [-0.2, 0) is 0 Å². The molecule has 0 fully saturated rings. The van der Waals surface area contributed by atoms with Crippen molar-refractivity contribution in [3.63, 3.8) is 0 Å². The smallest absolute Gasteiger partial charge is 0.181 e. The number of nitrogens with zero attached hydrogens (tertiary/aromatic N) is 3. The molecule has 5 heterocycles. The Morgan fingerprint density at radius 1 is 1.20 bits per heavy atom. The van der Waals surface area contributed by atoms with Gasteiger partial charge in [0.25, 0.3) is 0 Å². The first kappa shape index (κ1) is 22.4. The summed E-state index contributed by atoms with van der Waals surface area (Å²) in [4.78, 5) is 12.6. The molecule has 0 aliphatic carbocycles. The van der Waals surface area contributed by atoms with Crippen molar-refractivity contribution in [2.45, 2.75) is 26.8 Å². The summed E-state index contributed by atoms with van der Waals surface area (Å²) in [5.74, 6) is 0. The van der Waals surface area contributed by atoms with Gasteiger partial charge in [-0.25, -0.2) is 9.97 Å². The molecule has 7 heteroatoms. The highest BCUT2D eigenvalue weighted by Gasteiger charge is 2.16. The first-order valence-electron chi connectivity index (χ1n) is 11.8. The van der Waals surface area contributed by atoms with E-state index in [1.807, 2.05) is 37.7 Å². The highest BCUT2D eigenvalue weighted by atomic mass is 15.2. The van der Waals surface area contributed by atoms with Crippen molar-refractivity contribution in [3.8, 4) is 11.4 Å². The molecule has 5 rings (SSSR count). The van der Waals surface area contributed by atoms with Crippen LogP contribution in [-0.4, -0.2) is 37.7 Å². The van der Waals surface area contributed by atoms with E-state index in [-0.39, 0.29) is 0 Å². The average molecular weight is 464 g/mol. The molecule has 1 aliphatic rings. The lowest BCUT2D eigenvalue weighted by Gasteiger charge is -2.12. The van der Waals surface area contributed by atoms with Crippen molar-refractivity contribution in [2.24, 2.45) is 0 Å². The number of pyridine rings is 2. The van der Waals surface area contributed by atoms with Gasteiger partial charge in [-0.1, -0.05) is 24.8 Å². The number of H-pyrrole nitrogens is 2. The van der Waals surface area contributed by atoms with Crippen LogP contribution in [0.5, 0.6) is 0 Å². The third kappa shape index (κ3) is 4.40.